The summed E-state index contributed by atoms with van der Waals surface area (Å²) in [6, 6.07) is 0. The molecule has 0 aliphatic carbocycles. The maximum Gasteiger partial charge on any atom is 0.0899 e. The van der Waals surface area contributed by atoms with Gasteiger partial charge in [-0.1, -0.05) is 0 Å². The van der Waals surface area contributed by atoms with Crippen molar-refractivity contribution in [2.45, 2.75) is 13.3 Å². The molecule has 54 valence electrons. The molecule has 0 fully saturated rings. The molecule has 0 amide bonds. The van der Waals surface area contributed by atoms with Gasteiger partial charge in [0.05, 0.1) is 5.84 Å². The molecule has 0 heterocycles. The Morgan fingerprint density at radius 1 is 1.44 bits per heavy atom. The molecular formula is C6H15N3. The zero-order chi connectivity index (χ0) is 7.11. The minimum atomic E-state index is 0.547. The summed E-state index contributed by atoms with van der Waals surface area (Å²) in [5, 5.41) is 13.0. The van der Waals surface area contributed by atoms with Crippen LogP contribution in [0.25, 0.3) is 0 Å². The molecule has 0 aromatic carbocycles. The molecule has 0 saturated carbocycles. The third-order valence-electron chi connectivity index (χ3n) is 0.994. The van der Waals surface area contributed by atoms with Crippen molar-refractivity contribution >= 4 is 5.84 Å². The lowest BCUT2D eigenvalue weighted by Crippen LogP contribution is -2.23. The first-order chi connectivity index (χ1) is 4.27. The largest absolute Gasteiger partial charge is 0.374 e. The lowest BCUT2D eigenvalue weighted by molar-refractivity contribution is 0.702. The molecule has 3 heteroatoms. The molecule has 0 rings (SSSR count). The normalized spacial score (nSPS) is 9.11. The Hall–Kier alpha value is -0.570. The van der Waals surface area contributed by atoms with Crippen molar-refractivity contribution < 1.29 is 0 Å². The van der Waals surface area contributed by atoms with Gasteiger partial charge in [-0.25, -0.2) is 0 Å². The average molecular weight is 129 g/mol. The van der Waals surface area contributed by atoms with Crippen LogP contribution in [0.1, 0.15) is 13.3 Å². The molecule has 0 aliphatic heterocycles. The van der Waals surface area contributed by atoms with Gasteiger partial charge in [0, 0.05) is 6.54 Å². The number of amidine groups is 1. The van der Waals surface area contributed by atoms with E-state index in [1.54, 1.807) is 6.92 Å². The number of hydrogen-bond acceptors (Lipinski definition) is 2. The van der Waals surface area contributed by atoms with Gasteiger partial charge in [-0.15, -0.1) is 0 Å². The van der Waals surface area contributed by atoms with Crippen LogP contribution >= 0.6 is 0 Å². The first-order valence-corrected chi connectivity index (χ1v) is 3.21. The third kappa shape index (κ3) is 7.43. The molecule has 3 nitrogen and oxygen atoms in total. The lowest BCUT2D eigenvalue weighted by atomic mass is 10.4. The Labute approximate surface area is 56.3 Å². The molecule has 0 saturated heterocycles. The van der Waals surface area contributed by atoms with Gasteiger partial charge in [-0.05, 0) is 26.9 Å². The topological polar surface area (TPSA) is 47.9 Å². The second-order valence-corrected chi connectivity index (χ2v) is 2.01. The van der Waals surface area contributed by atoms with Crippen LogP contribution in [0.3, 0.4) is 0 Å². The van der Waals surface area contributed by atoms with E-state index in [-0.39, 0.29) is 0 Å². The molecular weight excluding hydrogens is 114 g/mol. The molecule has 9 heavy (non-hydrogen) atoms. The van der Waals surface area contributed by atoms with E-state index in [1.165, 1.54) is 0 Å². The van der Waals surface area contributed by atoms with Gasteiger partial charge in [0.15, 0.2) is 0 Å². The standard InChI is InChI=1S/C6H15N3/c1-6(7)9-5-3-4-8-2/h8H,3-5H2,1-2H3,(H2,7,9). The van der Waals surface area contributed by atoms with Crippen molar-refractivity contribution in [1.29, 1.82) is 5.41 Å². The molecule has 0 bridgehead atoms. The molecule has 0 aromatic rings. The Morgan fingerprint density at radius 2 is 2.11 bits per heavy atom. The predicted molar refractivity (Wildman–Crippen MR) is 39.9 cm³/mol. The van der Waals surface area contributed by atoms with E-state index in [4.69, 9.17) is 5.41 Å². The lowest BCUT2D eigenvalue weighted by Gasteiger charge is -2.01. The molecule has 3 N–H and O–H groups in total. The zero-order valence-electron chi connectivity index (χ0n) is 6.12. The molecule has 0 radical (unpaired) electrons. The van der Waals surface area contributed by atoms with Crippen molar-refractivity contribution in [1.82, 2.24) is 10.6 Å². The second-order valence-electron chi connectivity index (χ2n) is 2.01. The minimum Gasteiger partial charge on any atom is -0.374 e. The highest BCUT2D eigenvalue weighted by Gasteiger charge is 1.84. The van der Waals surface area contributed by atoms with Gasteiger partial charge in [0.2, 0.25) is 0 Å². The SMILES string of the molecule is CNCCCNC(C)=N. The van der Waals surface area contributed by atoms with Gasteiger partial charge >= 0.3 is 0 Å². The minimum absolute atomic E-state index is 0.547. The fourth-order valence-electron chi connectivity index (χ4n) is 0.541. The molecule has 0 aliphatic rings. The average Bonchev–Trinajstić information content (AvgIpc) is 1.80. The van der Waals surface area contributed by atoms with E-state index in [0.717, 1.165) is 19.5 Å². The van der Waals surface area contributed by atoms with Crippen LogP contribution in [-0.4, -0.2) is 26.0 Å². The fourth-order valence-corrected chi connectivity index (χ4v) is 0.541. The second kappa shape index (κ2) is 5.56. The van der Waals surface area contributed by atoms with E-state index in [9.17, 15) is 0 Å². The van der Waals surface area contributed by atoms with E-state index in [1.807, 2.05) is 7.05 Å². The van der Waals surface area contributed by atoms with Crippen molar-refractivity contribution in [2.75, 3.05) is 20.1 Å². The Morgan fingerprint density at radius 3 is 2.56 bits per heavy atom. The highest BCUT2D eigenvalue weighted by Crippen LogP contribution is 1.70. The Bertz CT molecular complexity index is 80.4. The molecule has 0 aromatic heterocycles. The smallest absolute Gasteiger partial charge is 0.0899 e. The van der Waals surface area contributed by atoms with E-state index >= 15 is 0 Å². The van der Waals surface area contributed by atoms with Crippen LogP contribution < -0.4 is 10.6 Å². The molecule has 0 spiro atoms. The number of nitrogens with one attached hydrogen (secondary N) is 3. The first kappa shape index (κ1) is 8.43. The van der Waals surface area contributed by atoms with Gasteiger partial charge in [0.25, 0.3) is 0 Å². The van der Waals surface area contributed by atoms with Gasteiger partial charge < -0.3 is 10.6 Å². The quantitative estimate of drug-likeness (QED) is 0.288. The fraction of sp³-hybridized carbons (Fsp3) is 0.833. The number of hydrogen-bond donors (Lipinski definition) is 3. The zero-order valence-corrected chi connectivity index (χ0v) is 6.12. The summed E-state index contributed by atoms with van der Waals surface area (Å²) >= 11 is 0. The molecule has 0 unspecified atom stereocenters. The summed E-state index contributed by atoms with van der Waals surface area (Å²) in [6.45, 7) is 3.66. The van der Waals surface area contributed by atoms with Crippen LogP contribution in [0, 0.1) is 5.41 Å². The summed E-state index contributed by atoms with van der Waals surface area (Å²) in [5.41, 5.74) is 0. The van der Waals surface area contributed by atoms with Crippen molar-refractivity contribution in [3.63, 3.8) is 0 Å². The van der Waals surface area contributed by atoms with E-state index in [2.05, 4.69) is 10.6 Å². The van der Waals surface area contributed by atoms with Gasteiger partial charge in [0.1, 0.15) is 0 Å². The first-order valence-electron chi connectivity index (χ1n) is 3.21. The highest BCUT2D eigenvalue weighted by atomic mass is 14.9. The summed E-state index contributed by atoms with van der Waals surface area (Å²) in [4.78, 5) is 0. The van der Waals surface area contributed by atoms with Crippen molar-refractivity contribution in [2.24, 2.45) is 0 Å². The van der Waals surface area contributed by atoms with E-state index < -0.39 is 0 Å². The Kier molecular flexibility index (Phi) is 5.21. The van der Waals surface area contributed by atoms with Crippen LogP contribution in [0.5, 0.6) is 0 Å². The number of rotatable bonds is 4. The Balaban J connectivity index is 2.83. The maximum atomic E-state index is 7.00. The van der Waals surface area contributed by atoms with Crippen molar-refractivity contribution in [3.05, 3.63) is 0 Å². The summed E-state index contributed by atoms with van der Waals surface area (Å²) in [7, 11) is 1.93. The monoisotopic (exact) mass is 129 g/mol. The highest BCUT2D eigenvalue weighted by molar-refractivity contribution is 5.75. The summed E-state index contributed by atoms with van der Waals surface area (Å²) in [6.07, 6.45) is 1.08. The maximum absolute atomic E-state index is 7.00. The van der Waals surface area contributed by atoms with Crippen LogP contribution in [-0.2, 0) is 0 Å². The van der Waals surface area contributed by atoms with Crippen LogP contribution in [0.15, 0.2) is 0 Å². The van der Waals surface area contributed by atoms with Gasteiger partial charge in [-0.3, -0.25) is 5.41 Å². The molecule has 0 atom stereocenters. The summed E-state index contributed by atoms with van der Waals surface area (Å²) < 4.78 is 0. The van der Waals surface area contributed by atoms with E-state index in [0.29, 0.717) is 5.84 Å². The van der Waals surface area contributed by atoms with Crippen LogP contribution in [0.2, 0.25) is 0 Å². The predicted octanol–water partition coefficient (Wildman–Crippen LogP) is 0.183. The van der Waals surface area contributed by atoms with Crippen molar-refractivity contribution in [3.8, 4) is 0 Å². The van der Waals surface area contributed by atoms with Gasteiger partial charge in [-0.2, -0.15) is 0 Å². The van der Waals surface area contributed by atoms with Crippen LogP contribution in [0.4, 0.5) is 0 Å². The summed E-state index contributed by atoms with van der Waals surface area (Å²) in [5.74, 6) is 0.547. The third-order valence-corrected chi connectivity index (χ3v) is 0.994.